The molecule has 3 rings (SSSR count). The van der Waals surface area contributed by atoms with Crippen LogP contribution in [0.2, 0.25) is 0 Å². The molecular formula is C18H19NOS. The second kappa shape index (κ2) is 6.91. The van der Waals surface area contributed by atoms with E-state index in [0.717, 1.165) is 31.6 Å². The fourth-order valence-electron chi connectivity index (χ4n) is 2.68. The summed E-state index contributed by atoms with van der Waals surface area (Å²) in [7, 11) is 0. The summed E-state index contributed by atoms with van der Waals surface area (Å²) in [6.45, 7) is 3.24. The first-order valence-electron chi connectivity index (χ1n) is 7.32. The molecule has 2 nitrogen and oxygen atoms in total. The van der Waals surface area contributed by atoms with E-state index in [9.17, 15) is 0 Å². The van der Waals surface area contributed by atoms with E-state index in [0.29, 0.717) is 6.42 Å². The van der Waals surface area contributed by atoms with Gasteiger partial charge in [0.15, 0.2) is 0 Å². The molecule has 0 unspecified atom stereocenters. The summed E-state index contributed by atoms with van der Waals surface area (Å²) in [5.74, 6) is 6.20. The van der Waals surface area contributed by atoms with Crippen molar-refractivity contribution in [1.82, 2.24) is 4.90 Å². The van der Waals surface area contributed by atoms with E-state index in [-0.39, 0.29) is 6.61 Å². The minimum absolute atomic E-state index is 0.134. The second-order valence-electron chi connectivity index (χ2n) is 5.26. The molecule has 0 atom stereocenters. The first-order chi connectivity index (χ1) is 10.4. The van der Waals surface area contributed by atoms with E-state index in [2.05, 4.69) is 52.5 Å². The van der Waals surface area contributed by atoms with Crippen LogP contribution in [0.15, 0.2) is 35.7 Å². The molecule has 108 valence electrons. The minimum Gasteiger partial charge on any atom is -0.395 e. The molecule has 0 amide bonds. The van der Waals surface area contributed by atoms with E-state index in [1.165, 1.54) is 16.0 Å². The van der Waals surface area contributed by atoms with E-state index in [1.807, 2.05) is 0 Å². The zero-order valence-corrected chi connectivity index (χ0v) is 12.8. The number of nitrogens with zero attached hydrogens (tertiary/aromatic N) is 1. The van der Waals surface area contributed by atoms with Gasteiger partial charge in [-0.2, -0.15) is 0 Å². The van der Waals surface area contributed by atoms with Gasteiger partial charge in [0.1, 0.15) is 0 Å². The lowest BCUT2D eigenvalue weighted by molar-refractivity contribution is 0.247. The molecule has 1 aliphatic heterocycles. The quantitative estimate of drug-likeness (QED) is 0.880. The van der Waals surface area contributed by atoms with Crippen LogP contribution in [0.25, 0.3) is 0 Å². The SMILES string of the molecule is OCCC#Cc1ccsc1CN1CCc2ccccc2C1. The number of benzene rings is 1. The molecule has 0 bridgehead atoms. The molecule has 1 N–H and O–H groups in total. The summed E-state index contributed by atoms with van der Waals surface area (Å²) in [6.07, 6.45) is 1.68. The van der Waals surface area contributed by atoms with Gasteiger partial charge < -0.3 is 5.11 Å². The predicted octanol–water partition coefficient (Wildman–Crippen LogP) is 3.04. The number of hydrogen-bond acceptors (Lipinski definition) is 3. The van der Waals surface area contributed by atoms with Crippen molar-refractivity contribution in [1.29, 1.82) is 0 Å². The van der Waals surface area contributed by atoms with Gasteiger partial charge in [0, 0.05) is 36.5 Å². The molecule has 0 spiro atoms. The third kappa shape index (κ3) is 3.54. The lowest BCUT2D eigenvalue weighted by Crippen LogP contribution is -2.29. The summed E-state index contributed by atoms with van der Waals surface area (Å²) >= 11 is 1.78. The highest BCUT2D eigenvalue weighted by atomic mass is 32.1. The van der Waals surface area contributed by atoms with Gasteiger partial charge in [-0.25, -0.2) is 0 Å². The standard InChI is InChI=1S/C18H19NOS/c20-11-4-3-6-16-9-12-21-18(16)14-19-10-8-15-5-1-2-7-17(15)13-19/h1-2,5,7,9,12,20H,4,8,10-11,13-14H2. The Bertz CT molecular complexity index is 665. The molecule has 2 heterocycles. The Morgan fingerprint density at radius 2 is 2.05 bits per heavy atom. The lowest BCUT2D eigenvalue weighted by Gasteiger charge is -2.28. The highest BCUT2D eigenvalue weighted by Crippen LogP contribution is 2.23. The van der Waals surface area contributed by atoms with Crippen molar-refractivity contribution in [3.05, 3.63) is 57.3 Å². The maximum absolute atomic E-state index is 8.81. The largest absolute Gasteiger partial charge is 0.395 e. The van der Waals surface area contributed by atoms with Crippen molar-refractivity contribution < 1.29 is 5.11 Å². The molecule has 3 heteroatoms. The maximum atomic E-state index is 8.81. The molecule has 1 aromatic carbocycles. The first-order valence-corrected chi connectivity index (χ1v) is 8.20. The first kappa shape index (κ1) is 14.3. The Balaban J connectivity index is 1.69. The topological polar surface area (TPSA) is 23.5 Å². The molecule has 0 radical (unpaired) electrons. The molecule has 1 aromatic heterocycles. The van der Waals surface area contributed by atoms with Crippen molar-refractivity contribution in [3.63, 3.8) is 0 Å². The van der Waals surface area contributed by atoms with Gasteiger partial charge in [-0.15, -0.1) is 11.3 Å². The van der Waals surface area contributed by atoms with Crippen LogP contribution in [0.3, 0.4) is 0 Å². The monoisotopic (exact) mass is 297 g/mol. The Labute approximate surface area is 130 Å². The average Bonchev–Trinajstić information content (AvgIpc) is 2.95. The lowest BCUT2D eigenvalue weighted by atomic mass is 10.00. The van der Waals surface area contributed by atoms with Gasteiger partial charge in [-0.1, -0.05) is 36.1 Å². The van der Waals surface area contributed by atoms with Crippen LogP contribution in [-0.4, -0.2) is 23.2 Å². The predicted molar refractivity (Wildman–Crippen MR) is 87.2 cm³/mol. The smallest absolute Gasteiger partial charge is 0.0540 e. The average molecular weight is 297 g/mol. The summed E-state index contributed by atoms with van der Waals surface area (Å²) in [5, 5.41) is 10.9. The van der Waals surface area contributed by atoms with Crippen LogP contribution >= 0.6 is 11.3 Å². The zero-order chi connectivity index (χ0) is 14.5. The Hall–Kier alpha value is -1.60. The van der Waals surface area contributed by atoms with Crippen molar-refractivity contribution in [2.75, 3.05) is 13.2 Å². The number of rotatable bonds is 3. The van der Waals surface area contributed by atoms with Crippen molar-refractivity contribution in [2.24, 2.45) is 0 Å². The number of aliphatic hydroxyl groups excluding tert-OH is 1. The molecule has 0 saturated carbocycles. The fourth-order valence-corrected chi connectivity index (χ4v) is 3.55. The van der Waals surface area contributed by atoms with Gasteiger partial charge in [0.05, 0.1) is 6.61 Å². The third-order valence-corrected chi connectivity index (χ3v) is 4.69. The maximum Gasteiger partial charge on any atom is 0.0540 e. The molecule has 2 aromatic rings. The van der Waals surface area contributed by atoms with Crippen LogP contribution in [0.4, 0.5) is 0 Å². The molecule has 0 fully saturated rings. The zero-order valence-electron chi connectivity index (χ0n) is 12.0. The van der Waals surface area contributed by atoms with E-state index >= 15 is 0 Å². The van der Waals surface area contributed by atoms with Gasteiger partial charge in [-0.3, -0.25) is 4.90 Å². The summed E-state index contributed by atoms with van der Waals surface area (Å²) in [5.41, 5.74) is 4.06. The van der Waals surface area contributed by atoms with Crippen LogP contribution in [0.5, 0.6) is 0 Å². The molecule has 1 aliphatic rings. The van der Waals surface area contributed by atoms with Crippen molar-refractivity contribution in [2.45, 2.75) is 25.9 Å². The summed E-state index contributed by atoms with van der Waals surface area (Å²) in [4.78, 5) is 3.82. The molecule has 0 saturated heterocycles. The highest BCUT2D eigenvalue weighted by Gasteiger charge is 2.17. The Morgan fingerprint density at radius 1 is 1.19 bits per heavy atom. The number of thiophene rings is 1. The van der Waals surface area contributed by atoms with E-state index < -0.39 is 0 Å². The van der Waals surface area contributed by atoms with Gasteiger partial charge in [0.25, 0.3) is 0 Å². The van der Waals surface area contributed by atoms with Crippen molar-refractivity contribution >= 4 is 11.3 Å². The van der Waals surface area contributed by atoms with Crippen molar-refractivity contribution in [3.8, 4) is 11.8 Å². The number of aliphatic hydroxyl groups is 1. The van der Waals surface area contributed by atoms with Crippen LogP contribution < -0.4 is 0 Å². The van der Waals surface area contributed by atoms with Crippen LogP contribution in [0.1, 0.15) is 28.0 Å². The summed E-state index contributed by atoms with van der Waals surface area (Å²) in [6, 6.07) is 10.8. The molecular weight excluding hydrogens is 278 g/mol. The van der Waals surface area contributed by atoms with Crippen LogP contribution in [-0.2, 0) is 19.5 Å². The Morgan fingerprint density at radius 3 is 2.90 bits per heavy atom. The molecule has 0 aliphatic carbocycles. The second-order valence-corrected chi connectivity index (χ2v) is 6.26. The normalized spacial score (nSPS) is 14.3. The Kier molecular flexibility index (Phi) is 4.72. The van der Waals surface area contributed by atoms with E-state index in [4.69, 9.17) is 5.11 Å². The number of hydrogen-bond donors (Lipinski definition) is 1. The summed E-state index contributed by atoms with van der Waals surface area (Å²) < 4.78 is 0. The number of fused-ring (bicyclic) bond motifs is 1. The van der Waals surface area contributed by atoms with E-state index in [1.54, 1.807) is 11.3 Å². The van der Waals surface area contributed by atoms with Gasteiger partial charge in [0.2, 0.25) is 0 Å². The molecule has 21 heavy (non-hydrogen) atoms. The third-order valence-electron chi connectivity index (χ3n) is 3.78. The highest BCUT2D eigenvalue weighted by molar-refractivity contribution is 7.10. The van der Waals surface area contributed by atoms with Crippen LogP contribution in [0, 0.1) is 11.8 Å². The van der Waals surface area contributed by atoms with Gasteiger partial charge >= 0.3 is 0 Å². The minimum atomic E-state index is 0.134. The fraction of sp³-hybridized carbons (Fsp3) is 0.333. The van der Waals surface area contributed by atoms with Gasteiger partial charge in [-0.05, 0) is 29.0 Å².